The first-order valence-corrected chi connectivity index (χ1v) is 6.42. The van der Waals surface area contributed by atoms with Crippen molar-refractivity contribution < 1.29 is 4.74 Å². The van der Waals surface area contributed by atoms with E-state index in [0.717, 1.165) is 21.8 Å². The summed E-state index contributed by atoms with van der Waals surface area (Å²) >= 11 is 1.60. The van der Waals surface area contributed by atoms with Crippen LogP contribution in [0.5, 0.6) is 5.75 Å². The van der Waals surface area contributed by atoms with E-state index in [4.69, 9.17) is 4.74 Å². The van der Waals surface area contributed by atoms with Crippen LogP contribution in [0.2, 0.25) is 0 Å². The molecular formula is C16H14OS. The minimum absolute atomic E-state index is 0.648. The topological polar surface area (TPSA) is 9.23 Å². The Morgan fingerprint density at radius 2 is 1.94 bits per heavy atom. The Morgan fingerprint density at radius 3 is 2.56 bits per heavy atom. The van der Waals surface area contributed by atoms with Crippen molar-refractivity contribution in [3.63, 3.8) is 0 Å². The average Bonchev–Trinajstić information content (AvgIpc) is 2.92. The highest BCUT2D eigenvalue weighted by Crippen LogP contribution is 2.29. The predicted octanol–water partition coefficient (Wildman–Crippen LogP) is 5.08. The third kappa shape index (κ3) is 2.44. The van der Waals surface area contributed by atoms with Crippen LogP contribution in [0.25, 0.3) is 17.9 Å². The van der Waals surface area contributed by atoms with Crippen LogP contribution >= 0.6 is 11.3 Å². The summed E-state index contributed by atoms with van der Waals surface area (Å²) in [5.41, 5.74) is 1.94. The predicted molar refractivity (Wildman–Crippen MR) is 80.6 cm³/mol. The number of thiophene rings is 1. The van der Waals surface area contributed by atoms with E-state index in [1.54, 1.807) is 23.5 Å². The molecule has 0 aliphatic heterocycles. The number of hydrogen-bond donors (Lipinski definition) is 0. The molecule has 90 valence electrons. The van der Waals surface area contributed by atoms with Crippen LogP contribution in [0.4, 0.5) is 0 Å². The van der Waals surface area contributed by atoms with Gasteiger partial charge in [-0.3, -0.25) is 0 Å². The van der Waals surface area contributed by atoms with Gasteiger partial charge in [-0.15, -0.1) is 11.3 Å². The fourth-order valence-electron chi connectivity index (χ4n) is 1.67. The Kier molecular flexibility index (Phi) is 3.80. The largest absolute Gasteiger partial charge is 0.456 e. The molecule has 0 bridgehead atoms. The van der Waals surface area contributed by atoms with Gasteiger partial charge in [-0.25, -0.2) is 0 Å². The molecule has 1 aromatic carbocycles. The molecule has 0 saturated carbocycles. The molecule has 2 aromatic rings. The van der Waals surface area contributed by atoms with Crippen molar-refractivity contribution in [3.8, 4) is 5.75 Å². The van der Waals surface area contributed by atoms with Crippen molar-refractivity contribution in [2.45, 2.75) is 0 Å². The highest BCUT2D eigenvalue weighted by molar-refractivity contribution is 7.11. The first-order chi connectivity index (χ1) is 8.76. The van der Waals surface area contributed by atoms with Crippen LogP contribution in [0.3, 0.4) is 0 Å². The van der Waals surface area contributed by atoms with E-state index in [9.17, 15) is 0 Å². The van der Waals surface area contributed by atoms with Crippen molar-refractivity contribution in [2.75, 3.05) is 0 Å². The summed E-state index contributed by atoms with van der Waals surface area (Å²) in [5, 5.41) is 2.00. The Labute approximate surface area is 111 Å². The smallest absolute Gasteiger partial charge is 0.137 e. The standard InChI is InChI=1S/C16H14OS/c1-4-13-8-6-9-15(14(13)5-2)17-12(3)16-10-7-11-18-16/h4-11H,1-3H2. The molecule has 0 spiro atoms. The number of rotatable bonds is 5. The van der Waals surface area contributed by atoms with Gasteiger partial charge in [0.25, 0.3) is 0 Å². The van der Waals surface area contributed by atoms with Crippen molar-refractivity contribution in [1.82, 2.24) is 0 Å². The molecule has 1 nitrogen and oxygen atoms in total. The summed E-state index contributed by atoms with van der Waals surface area (Å²) < 4.78 is 5.82. The van der Waals surface area contributed by atoms with E-state index < -0.39 is 0 Å². The zero-order valence-electron chi connectivity index (χ0n) is 10.1. The van der Waals surface area contributed by atoms with E-state index in [-0.39, 0.29) is 0 Å². The lowest BCUT2D eigenvalue weighted by atomic mass is 10.1. The van der Waals surface area contributed by atoms with Crippen LogP contribution in [0.15, 0.2) is 55.4 Å². The Hall–Kier alpha value is -2.06. The van der Waals surface area contributed by atoms with Crippen LogP contribution in [0, 0.1) is 0 Å². The SMILES string of the molecule is C=Cc1cccc(OC(=C)c2cccs2)c1C=C. The lowest BCUT2D eigenvalue weighted by Crippen LogP contribution is -1.94. The fourth-order valence-corrected chi connectivity index (χ4v) is 2.30. The molecule has 0 aliphatic rings. The lowest BCUT2D eigenvalue weighted by Gasteiger charge is -2.11. The average molecular weight is 254 g/mol. The van der Waals surface area contributed by atoms with Crippen LogP contribution in [0.1, 0.15) is 16.0 Å². The minimum Gasteiger partial charge on any atom is -0.456 e. The zero-order valence-corrected chi connectivity index (χ0v) is 10.9. The summed E-state index contributed by atoms with van der Waals surface area (Å²) in [7, 11) is 0. The monoisotopic (exact) mass is 254 g/mol. The Bertz CT molecular complexity index is 579. The van der Waals surface area contributed by atoms with Crippen molar-refractivity contribution in [2.24, 2.45) is 0 Å². The highest BCUT2D eigenvalue weighted by Gasteiger charge is 2.08. The van der Waals surface area contributed by atoms with Gasteiger partial charge in [-0.2, -0.15) is 0 Å². The summed E-state index contributed by atoms with van der Waals surface area (Å²) in [6.07, 6.45) is 3.56. The molecule has 0 N–H and O–H groups in total. The molecule has 0 radical (unpaired) electrons. The lowest BCUT2D eigenvalue weighted by molar-refractivity contribution is 0.517. The molecule has 0 unspecified atom stereocenters. The molecule has 0 saturated heterocycles. The second-order valence-electron chi connectivity index (χ2n) is 3.67. The second-order valence-corrected chi connectivity index (χ2v) is 4.62. The van der Waals surface area contributed by atoms with Crippen molar-refractivity contribution >= 4 is 29.2 Å². The third-order valence-electron chi connectivity index (χ3n) is 2.55. The Balaban J connectivity index is 2.32. The maximum Gasteiger partial charge on any atom is 0.137 e. The van der Waals surface area contributed by atoms with Gasteiger partial charge < -0.3 is 4.74 Å². The van der Waals surface area contributed by atoms with Gasteiger partial charge in [-0.05, 0) is 23.1 Å². The molecule has 2 heteroatoms. The van der Waals surface area contributed by atoms with E-state index in [2.05, 4.69) is 19.7 Å². The number of ether oxygens (including phenoxy) is 1. The normalized spacial score (nSPS) is 9.78. The fraction of sp³-hybridized carbons (Fsp3) is 0. The quantitative estimate of drug-likeness (QED) is 0.676. The summed E-state index contributed by atoms with van der Waals surface area (Å²) in [6, 6.07) is 9.77. The van der Waals surface area contributed by atoms with E-state index in [0.29, 0.717) is 5.76 Å². The maximum atomic E-state index is 5.82. The first-order valence-electron chi connectivity index (χ1n) is 5.54. The van der Waals surface area contributed by atoms with Gasteiger partial charge >= 0.3 is 0 Å². The van der Waals surface area contributed by atoms with Crippen LogP contribution in [-0.2, 0) is 0 Å². The molecular weight excluding hydrogens is 240 g/mol. The van der Waals surface area contributed by atoms with Gasteiger partial charge in [0, 0.05) is 5.56 Å². The first kappa shape index (κ1) is 12.4. The molecule has 0 atom stereocenters. The molecule has 0 aliphatic carbocycles. The maximum absolute atomic E-state index is 5.82. The third-order valence-corrected chi connectivity index (χ3v) is 3.46. The van der Waals surface area contributed by atoms with E-state index in [1.807, 2.05) is 35.7 Å². The second kappa shape index (κ2) is 5.52. The van der Waals surface area contributed by atoms with Gasteiger partial charge in [0.05, 0.1) is 4.88 Å². The summed E-state index contributed by atoms with van der Waals surface area (Å²) in [4.78, 5) is 1.02. The molecule has 0 amide bonds. The molecule has 1 heterocycles. The molecule has 18 heavy (non-hydrogen) atoms. The van der Waals surface area contributed by atoms with Gasteiger partial charge in [0.15, 0.2) is 0 Å². The molecule has 2 rings (SSSR count). The number of hydrogen-bond acceptors (Lipinski definition) is 2. The van der Waals surface area contributed by atoms with Gasteiger partial charge in [-0.1, -0.05) is 50.1 Å². The molecule has 1 aromatic heterocycles. The highest BCUT2D eigenvalue weighted by atomic mass is 32.1. The van der Waals surface area contributed by atoms with Crippen LogP contribution in [-0.4, -0.2) is 0 Å². The van der Waals surface area contributed by atoms with Gasteiger partial charge in [0.1, 0.15) is 11.5 Å². The Morgan fingerprint density at radius 1 is 1.11 bits per heavy atom. The van der Waals surface area contributed by atoms with E-state index in [1.165, 1.54) is 0 Å². The molecule has 0 fully saturated rings. The summed E-state index contributed by atoms with van der Waals surface area (Å²) in [6.45, 7) is 11.6. The van der Waals surface area contributed by atoms with Crippen molar-refractivity contribution in [1.29, 1.82) is 0 Å². The number of benzene rings is 1. The van der Waals surface area contributed by atoms with Gasteiger partial charge in [0.2, 0.25) is 0 Å². The van der Waals surface area contributed by atoms with Crippen LogP contribution < -0.4 is 4.74 Å². The van der Waals surface area contributed by atoms with E-state index >= 15 is 0 Å². The zero-order chi connectivity index (χ0) is 13.0. The minimum atomic E-state index is 0.648. The summed E-state index contributed by atoms with van der Waals surface area (Å²) in [5.74, 6) is 1.40. The van der Waals surface area contributed by atoms with Crippen molar-refractivity contribution in [3.05, 3.63) is 71.5 Å².